The molecule has 0 atom stereocenters. The van der Waals surface area contributed by atoms with Crippen LogP contribution in [0.15, 0.2) is 36.4 Å². The first-order chi connectivity index (χ1) is 18.5. The molecule has 204 valence electrons. The average Bonchev–Trinajstić information content (AvgIpc) is 3.16. The summed E-state index contributed by atoms with van der Waals surface area (Å²) < 4.78 is 14.3. The maximum Gasteiger partial charge on any atom is 0.256 e. The highest BCUT2D eigenvalue weighted by Gasteiger charge is 2.34. The lowest BCUT2D eigenvalue weighted by molar-refractivity contribution is 0.0772. The molecule has 0 spiro atoms. The smallest absolute Gasteiger partial charge is 0.256 e. The Kier molecular flexibility index (Phi) is 6.49. The Bertz CT molecular complexity index is 1550. The number of aryl methyl sites for hydroxylation is 1. The van der Waals surface area contributed by atoms with E-state index in [1.54, 1.807) is 19.2 Å². The molecule has 5 rings (SSSR count). The lowest BCUT2D eigenvalue weighted by Gasteiger charge is -2.35. The maximum atomic E-state index is 13.5. The summed E-state index contributed by atoms with van der Waals surface area (Å²) in [4.78, 5) is 15.4. The molecule has 2 aromatic carbocycles. The standard InChI is InChI=1S/C32H37N3O4/c1-9-35(10-2)31(37)21-15-19(4)34(7)23(21)16-26-28-20(29-25(39-26)14-13-24(36)30(29)38-8)11-12-22-27(28)18(3)17-32(5,6)33-22/h11-17,33,36H,9-10H2,1-8H3. The molecule has 2 N–H and O–H groups in total. The molecule has 0 saturated carbocycles. The molecular formula is C32H37N3O4. The van der Waals surface area contributed by atoms with Gasteiger partial charge in [-0.1, -0.05) is 12.1 Å². The second-order valence-electron chi connectivity index (χ2n) is 10.8. The summed E-state index contributed by atoms with van der Waals surface area (Å²) in [7, 11) is 3.51. The van der Waals surface area contributed by atoms with Crippen LogP contribution in [0.2, 0.25) is 0 Å². The van der Waals surface area contributed by atoms with E-state index >= 15 is 0 Å². The summed E-state index contributed by atoms with van der Waals surface area (Å²) in [5.41, 5.74) is 7.82. The van der Waals surface area contributed by atoms with E-state index in [2.05, 4.69) is 38.2 Å². The quantitative estimate of drug-likeness (QED) is 0.386. The number of fused-ring (bicyclic) bond motifs is 5. The predicted octanol–water partition coefficient (Wildman–Crippen LogP) is 6.69. The average molecular weight is 528 g/mol. The third-order valence-electron chi connectivity index (χ3n) is 7.74. The van der Waals surface area contributed by atoms with E-state index in [0.29, 0.717) is 41.5 Å². The van der Waals surface area contributed by atoms with Gasteiger partial charge in [0, 0.05) is 54.3 Å². The Labute approximate surface area is 230 Å². The first-order valence-electron chi connectivity index (χ1n) is 13.4. The van der Waals surface area contributed by atoms with Crippen molar-refractivity contribution in [2.75, 3.05) is 25.5 Å². The number of aromatic hydroxyl groups is 1. The van der Waals surface area contributed by atoms with E-state index in [1.807, 2.05) is 55.5 Å². The van der Waals surface area contributed by atoms with Gasteiger partial charge in [-0.3, -0.25) is 4.79 Å². The van der Waals surface area contributed by atoms with Crippen LogP contribution in [0.25, 0.3) is 28.5 Å². The molecule has 2 aliphatic heterocycles. The van der Waals surface area contributed by atoms with Crippen molar-refractivity contribution in [1.82, 2.24) is 9.47 Å². The number of nitrogens with one attached hydrogen (secondary N) is 1. The summed E-state index contributed by atoms with van der Waals surface area (Å²) in [5, 5.41) is 14.3. The van der Waals surface area contributed by atoms with Crippen LogP contribution in [0.3, 0.4) is 0 Å². The number of carbonyl (C=O) groups excluding carboxylic acids is 1. The number of ether oxygens (including phenoxy) is 2. The van der Waals surface area contributed by atoms with Crippen LogP contribution in [-0.2, 0) is 7.05 Å². The fourth-order valence-electron chi connectivity index (χ4n) is 5.85. The van der Waals surface area contributed by atoms with Crippen molar-refractivity contribution in [2.45, 2.75) is 47.1 Å². The molecule has 3 aromatic rings. The molecule has 0 radical (unpaired) electrons. The van der Waals surface area contributed by atoms with E-state index in [9.17, 15) is 9.90 Å². The van der Waals surface area contributed by atoms with Crippen molar-refractivity contribution in [2.24, 2.45) is 7.05 Å². The summed E-state index contributed by atoms with van der Waals surface area (Å²) in [5.74, 6) is 1.62. The topological polar surface area (TPSA) is 76.0 Å². The number of amides is 1. The van der Waals surface area contributed by atoms with Gasteiger partial charge in [0.15, 0.2) is 11.5 Å². The van der Waals surface area contributed by atoms with Crippen molar-refractivity contribution >= 4 is 29.0 Å². The molecule has 7 heteroatoms. The lowest BCUT2D eigenvalue weighted by atomic mass is 9.83. The summed E-state index contributed by atoms with van der Waals surface area (Å²) in [6.07, 6.45) is 4.18. The molecule has 0 aliphatic carbocycles. The van der Waals surface area contributed by atoms with Gasteiger partial charge in [-0.15, -0.1) is 0 Å². The van der Waals surface area contributed by atoms with Gasteiger partial charge in [-0.2, -0.15) is 0 Å². The zero-order chi connectivity index (χ0) is 28.2. The summed E-state index contributed by atoms with van der Waals surface area (Å²) in [6.45, 7) is 13.6. The molecule has 1 amide bonds. The summed E-state index contributed by atoms with van der Waals surface area (Å²) in [6, 6.07) is 9.40. The van der Waals surface area contributed by atoms with Gasteiger partial charge in [-0.05, 0) is 71.4 Å². The number of carbonyl (C=O) groups is 1. The van der Waals surface area contributed by atoms with Gasteiger partial charge in [-0.25, -0.2) is 0 Å². The molecule has 39 heavy (non-hydrogen) atoms. The van der Waals surface area contributed by atoms with E-state index < -0.39 is 0 Å². The van der Waals surface area contributed by atoms with Gasteiger partial charge in [0.05, 0.1) is 29.5 Å². The van der Waals surface area contributed by atoms with Gasteiger partial charge >= 0.3 is 0 Å². The molecule has 7 nitrogen and oxygen atoms in total. The van der Waals surface area contributed by atoms with Gasteiger partial charge in [0.1, 0.15) is 11.5 Å². The number of nitrogens with zero attached hydrogens (tertiary/aromatic N) is 2. The molecule has 1 aromatic heterocycles. The highest BCUT2D eigenvalue weighted by molar-refractivity contribution is 6.04. The number of benzene rings is 2. The lowest BCUT2D eigenvalue weighted by Crippen LogP contribution is -2.32. The normalized spacial score (nSPS) is 15.9. The number of hydrogen-bond acceptors (Lipinski definition) is 5. The zero-order valence-electron chi connectivity index (χ0n) is 24.0. The molecule has 0 saturated heterocycles. The van der Waals surface area contributed by atoms with Crippen LogP contribution in [0, 0.1) is 6.92 Å². The molecule has 0 fully saturated rings. The third kappa shape index (κ3) is 4.26. The highest BCUT2D eigenvalue weighted by atomic mass is 16.5. The van der Waals surface area contributed by atoms with Crippen LogP contribution < -0.4 is 14.8 Å². The zero-order valence-corrected chi connectivity index (χ0v) is 24.0. The van der Waals surface area contributed by atoms with Crippen molar-refractivity contribution < 1.29 is 19.4 Å². The number of hydrogen-bond donors (Lipinski definition) is 2. The Balaban J connectivity index is 1.82. The number of methoxy groups -OCH3 is 1. The predicted molar refractivity (Wildman–Crippen MR) is 157 cm³/mol. The molecular weight excluding hydrogens is 490 g/mol. The molecule has 2 aliphatic rings. The third-order valence-corrected chi connectivity index (χ3v) is 7.74. The molecule has 3 heterocycles. The van der Waals surface area contributed by atoms with Crippen molar-refractivity contribution in [3.63, 3.8) is 0 Å². The first kappa shape index (κ1) is 26.5. The highest BCUT2D eigenvalue weighted by Crippen LogP contribution is 2.54. The van der Waals surface area contributed by atoms with E-state index in [-0.39, 0.29) is 17.2 Å². The van der Waals surface area contributed by atoms with E-state index in [1.165, 1.54) is 0 Å². The minimum absolute atomic E-state index is 0.00634. The Hall–Kier alpha value is -4.13. The molecule has 0 bridgehead atoms. The van der Waals surface area contributed by atoms with Crippen LogP contribution in [-0.4, -0.2) is 46.2 Å². The maximum absolute atomic E-state index is 13.5. The largest absolute Gasteiger partial charge is 0.504 e. The Morgan fingerprint density at radius 1 is 1.13 bits per heavy atom. The number of anilines is 1. The summed E-state index contributed by atoms with van der Waals surface area (Å²) >= 11 is 0. The van der Waals surface area contributed by atoms with Crippen LogP contribution in [0.4, 0.5) is 5.69 Å². The second kappa shape index (κ2) is 9.56. The number of allylic oxidation sites excluding steroid dienone is 1. The number of aromatic nitrogens is 1. The van der Waals surface area contributed by atoms with Crippen molar-refractivity contribution in [3.8, 4) is 28.4 Å². The number of rotatable bonds is 5. The second-order valence-corrected chi connectivity index (χ2v) is 10.8. The number of phenolic OH excluding ortho intramolecular Hbond substituents is 1. The van der Waals surface area contributed by atoms with Gasteiger partial charge in [0.2, 0.25) is 0 Å². The van der Waals surface area contributed by atoms with Crippen LogP contribution in [0.5, 0.6) is 17.2 Å². The fourth-order valence-corrected chi connectivity index (χ4v) is 5.85. The van der Waals surface area contributed by atoms with Gasteiger partial charge in [0.25, 0.3) is 5.91 Å². The Morgan fingerprint density at radius 2 is 1.85 bits per heavy atom. The van der Waals surface area contributed by atoms with E-state index in [0.717, 1.165) is 39.3 Å². The van der Waals surface area contributed by atoms with Crippen LogP contribution >= 0.6 is 0 Å². The molecule has 0 unspecified atom stereocenters. The minimum atomic E-state index is -0.211. The fraction of sp³-hybridized carbons (Fsp3) is 0.344. The van der Waals surface area contributed by atoms with Gasteiger partial charge < -0.3 is 29.4 Å². The Morgan fingerprint density at radius 3 is 2.51 bits per heavy atom. The van der Waals surface area contributed by atoms with Crippen molar-refractivity contribution in [1.29, 1.82) is 0 Å². The SMILES string of the molecule is CCN(CC)C(=O)c1cc(C)n(C)c1C=C1Oc2ccc(O)c(OC)c2-c2ccc3c(c21)C(C)=CC(C)(C)N3. The van der Waals surface area contributed by atoms with Crippen molar-refractivity contribution in [3.05, 3.63) is 64.5 Å². The van der Waals surface area contributed by atoms with Crippen LogP contribution in [0.1, 0.15) is 67.5 Å². The minimum Gasteiger partial charge on any atom is -0.504 e. The first-order valence-corrected chi connectivity index (χ1v) is 13.4. The van der Waals surface area contributed by atoms with E-state index in [4.69, 9.17) is 9.47 Å². The number of phenols is 1. The monoisotopic (exact) mass is 527 g/mol.